The van der Waals surface area contributed by atoms with Crippen molar-refractivity contribution >= 4 is 23.1 Å². The number of benzene rings is 1. The zero-order chi connectivity index (χ0) is 17.7. The third kappa shape index (κ3) is 2.05. The maximum atomic E-state index is 12.9. The van der Waals surface area contributed by atoms with E-state index in [4.69, 9.17) is 4.74 Å². The van der Waals surface area contributed by atoms with Crippen molar-refractivity contribution in [2.24, 2.45) is 0 Å². The number of likely N-dealkylation sites (N-methyl/N-ethyl adjacent to an activating group) is 1. The molecule has 0 bridgehead atoms. The summed E-state index contributed by atoms with van der Waals surface area (Å²) in [6.45, 7) is 1.81. The van der Waals surface area contributed by atoms with E-state index in [1.165, 1.54) is 13.4 Å². The fourth-order valence-corrected chi connectivity index (χ4v) is 3.46. The quantitative estimate of drug-likeness (QED) is 0.668. The Morgan fingerprint density at radius 3 is 2.80 bits per heavy atom. The first-order valence-electron chi connectivity index (χ1n) is 7.82. The minimum Gasteiger partial charge on any atom is -0.465 e. The molecule has 3 heterocycles. The van der Waals surface area contributed by atoms with Crippen molar-refractivity contribution in [3.8, 4) is 0 Å². The average molecular weight is 336 g/mol. The number of fused-ring (bicyclic) bond motifs is 2. The first-order valence-corrected chi connectivity index (χ1v) is 7.82. The highest BCUT2D eigenvalue weighted by atomic mass is 16.5. The first kappa shape index (κ1) is 15.3. The third-order valence-corrected chi connectivity index (χ3v) is 4.72. The second kappa shape index (κ2) is 5.41. The average Bonchev–Trinajstić information content (AvgIpc) is 3.10. The summed E-state index contributed by atoms with van der Waals surface area (Å²) in [6.07, 6.45) is 3.01. The molecule has 25 heavy (non-hydrogen) atoms. The number of ether oxygens (including phenoxy) is 1. The van der Waals surface area contributed by atoms with Gasteiger partial charge in [-0.15, -0.1) is 0 Å². The van der Waals surface area contributed by atoms with E-state index in [9.17, 15) is 9.59 Å². The van der Waals surface area contributed by atoms with Gasteiger partial charge >= 0.3 is 5.97 Å². The normalized spacial score (nSPS) is 16.4. The van der Waals surface area contributed by atoms with Crippen LogP contribution in [-0.4, -0.2) is 40.6 Å². The van der Waals surface area contributed by atoms with Crippen LogP contribution in [0.3, 0.4) is 0 Å². The molecule has 3 aromatic rings. The molecule has 0 saturated heterocycles. The molecule has 1 atom stereocenters. The number of hydrogen-bond donors (Lipinski definition) is 0. The largest absolute Gasteiger partial charge is 0.465 e. The predicted octanol–water partition coefficient (Wildman–Crippen LogP) is 1.93. The summed E-state index contributed by atoms with van der Waals surface area (Å²) >= 11 is 0. The molecule has 126 valence electrons. The van der Waals surface area contributed by atoms with E-state index in [-0.39, 0.29) is 5.91 Å². The molecule has 7 heteroatoms. The van der Waals surface area contributed by atoms with Crippen molar-refractivity contribution in [1.29, 1.82) is 0 Å². The lowest BCUT2D eigenvalue weighted by atomic mass is 9.95. The second-order valence-corrected chi connectivity index (χ2v) is 5.99. The second-order valence-electron chi connectivity index (χ2n) is 5.99. The Hall–Kier alpha value is -3.22. The summed E-state index contributed by atoms with van der Waals surface area (Å²) in [4.78, 5) is 30.9. The fourth-order valence-electron chi connectivity index (χ4n) is 3.46. The lowest BCUT2D eigenvalue weighted by Gasteiger charge is -2.12. The van der Waals surface area contributed by atoms with Gasteiger partial charge in [-0.05, 0) is 24.1 Å². The van der Waals surface area contributed by atoms with Crippen LogP contribution in [0, 0.1) is 6.92 Å². The van der Waals surface area contributed by atoms with Crippen molar-refractivity contribution in [2.75, 3.05) is 19.1 Å². The van der Waals surface area contributed by atoms with Crippen LogP contribution >= 0.6 is 0 Å². The number of carbonyl (C=O) groups is 2. The zero-order valence-electron chi connectivity index (χ0n) is 14.1. The molecule has 1 aliphatic heterocycles. The number of anilines is 1. The van der Waals surface area contributed by atoms with E-state index in [0.717, 1.165) is 11.3 Å². The van der Waals surface area contributed by atoms with Gasteiger partial charge in [-0.25, -0.2) is 14.3 Å². The highest BCUT2D eigenvalue weighted by Gasteiger charge is 2.38. The monoisotopic (exact) mass is 336 g/mol. The lowest BCUT2D eigenvalue weighted by molar-refractivity contribution is -0.118. The van der Waals surface area contributed by atoms with Crippen LogP contribution in [0.4, 0.5) is 5.69 Å². The Balaban J connectivity index is 1.98. The summed E-state index contributed by atoms with van der Waals surface area (Å²) in [5.41, 5.74) is 4.12. The van der Waals surface area contributed by atoms with Crippen molar-refractivity contribution in [3.63, 3.8) is 0 Å². The van der Waals surface area contributed by atoms with Crippen LogP contribution in [0.15, 0.2) is 36.8 Å². The van der Waals surface area contributed by atoms with Gasteiger partial charge in [0.1, 0.15) is 12.2 Å². The fraction of sp³-hybridized carbons (Fsp3) is 0.222. The SMILES string of the molecule is COC(=O)c1cn2ncnc(C3C(=O)N(C)c4ccccc43)c2c1C. The van der Waals surface area contributed by atoms with E-state index >= 15 is 0 Å². The highest BCUT2D eigenvalue weighted by molar-refractivity contribution is 6.07. The molecule has 0 spiro atoms. The molecule has 0 fully saturated rings. The Labute approximate surface area is 143 Å². The molecule has 0 saturated carbocycles. The van der Waals surface area contributed by atoms with Crippen LogP contribution in [0.5, 0.6) is 0 Å². The Morgan fingerprint density at radius 1 is 1.28 bits per heavy atom. The molecular weight excluding hydrogens is 320 g/mol. The van der Waals surface area contributed by atoms with Gasteiger partial charge < -0.3 is 9.64 Å². The minimum absolute atomic E-state index is 0.0537. The lowest BCUT2D eigenvalue weighted by Crippen LogP contribution is -2.25. The van der Waals surface area contributed by atoms with E-state index in [0.29, 0.717) is 22.3 Å². The Kier molecular flexibility index (Phi) is 3.31. The van der Waals surface area contributed by atoms with Gasteiger partial charge in [0, 0.05) is 18.9 Å². The number of amides is 1. The molecule has 0 aliphatic carbocycles. The van der Waals surface area contributed by atoms with Gasteiger partial charge in [-0.2, -0.15) is 5.10 Å². The van der Waals surface area contributed by atoms with E-state index in [2.05, 4.69) is 10.1 Å². The number of aromatic nitrogens is 3. The minimum atomic E-state index is -0.522. The van der Waals surface area contributed by atoms with Gasteiger partial charge in [0.05, 0.1) is 23.9 Å². The standard InChI is InChI=1S/C18H16N4O3/c1-10-12(18(24)25-3)8-22-16(10)15(19-9-20-22)14-11-6-4-5-7-13(11)21(2)17(14)23/h4-9,14H,1-3H3. The summed E-state index contributed by atoms with van der Waals surface area (Å²) in [5, 5.41) is 4.18. The number of para-hydroxylation sites is 1. The number of carbonyl (C=O) groups excluding carboxylic acids is 2. The van der Waals surface area contributed by atoms with E-state index in [1.807, 2.05) is 31.2 Å². The van der Waals surface area contributed by atoms with E-state index < -0.39 is 11.9 Å². The molecule has 0 N–H and O–H groups in total. The van der Waals surface area contributed by atoms with Gasteiger partial charge in [0.15, 0.2) is 0 Å². The van der Waals surface area contributed by atoms with Crippen molar-refractivity contribution in [1.82, 2.24) is 14.6 Å². The van der Waals surface area contributed by atoms with Crippen LogP contribution < -0.4 is 4.90 Å². The molecule has 1 unspecified atom stereocenters. The predicted molar refractivity (Wildman–Crippen MR) is 90.8 cm³/mol. The molecule has 1 amide bonds. The van der Waals surface area contributed by atoms with Gasteiger partial charge in [-0.1, -0.05) is 18.2 Å². The summed E-state index contributed by atoms with van der Waals surface area (Å²) < 4.78 is 6.41. The maximum Gasteiger partial charge on any atom is 0.339 e. The number of methoxy groups -OCH3 is 1. The Morgan fingerprint density at radius 2 is 2.04 bits per heavy atom. The van der Waals surface area contributed by atoms with Gasteiger partial charge in [0.25, 0.3) is 0 Å². The maximum absolute atomic E-state index is 12.9. The molecular formula is C18H16N4O3. The van der Waals surface area contributed by atoms with Gasteiger partial charge in [-0.3, -0.25) is 4.79 Å². The molecule has 1 aromatic carbocycles. The molecule has 4 rings (SSSR count). The topological polar surface area (TPSA) is 76.8 Å². The highest BCUT2D eigenvalue weighted by Crippen LogP contribution is 2.41. The van der Waals surface area contributed by atoms with Crippen molar-refractivity contribution in [2.45, 2.75) is 12.8 Å². The van der Waals surface area contributed by atoms with Gasteiger partial charge in [0.2, 0.25) is 5.91 Å². The molecule has 2 aromatic heterocycles. The third-order valence-electron chi connectivity index (χ3n) is 4.72. The van der Waals surface area contributed by atoms with Crippen LogP contribution in [0.1, 0.15) is 33.1 Å². The molecule has 0 radical (unpaired) electrons. The van der Waals surface area contributed by atoms with Crippen molar-refractivity contribution in [3.05, 3.63) is 59.2 Å². The van der Waals surface area contributed by atoms with Crippen molar-refractivity contribution < 1.29 is 14.3 Å². The van der Waals surface area contributed by atoms with Crippen LogP contribution in [-0.2, 0) is 9.53 Å². The number of nitrogens with zero attached hydrogens (tertiary/aromatic N) is 4. The molecule has 7 nitrogen and oxygen atoms in total. The van der Waals surface area contributed by atoms with Crippen LogP contribution in [0.25, 0.3) is 5.52 Å². The summed E-state index contributed by atoms with van der Waals surface area (Å²) in [6, 6.07) is 7.65. The molecule has 1 aliphatic rings. The zero-order valence-corrected chi connectivity index (χ0v) is 14.1. The van der Waals surface area contributed by atoms with E-state index in [1.54, 1.807) is 22.7 Å². The number of rotatable bonds is 2. The summed E-state index contributed by atoms with van der Waals surface area (Å²) in [7, 11) is 3.09. The smallest absolute Gasteiger partial charge is 0.339 e. The first-order chi connectivity index (χ1) is 12.0. The summed E-state index contributed by atoms with van der Waals surface area (Å²) in [5.74, 6) is -1.02. The number of esters is 1. The number of aryl methyl sites for hydroxylation is 1. The Bertz CT molecular complexity index is 1020. The van der Waals surface area contributed by atoms with Crippen LogP contribution in [0.2, 0.25) is 0 Å². The number of hydrogen-bond acceptors (Lipinski definition) is 5.